The van der Waals surface area contributed by atoms with Crippen LogP contribution in [0.25, 0.3) is 0 Å². The number of primary sulfonamides is 1. The van der Waals surface area contributed by atoms with Gasteiger partial charge in [0.1, 0.15) is 4.90 Å². The fourth-order valence-electron chi connectivity index (χ4n) is 3.43. The number of sulfonamides is 1. The first-order valence-corrected chi connectivity index (χ1v) is 7.62. The summed E-state index contributed by atoms with van der Waals surface area (Å²) in [6.07, 6.45) is 8.22. The summed E-state index contributed by atoms with van der Waals surface area (Å²) < 4.78 is 24.0. The van der Waals surface area contributed by atoms with Gasteiger partial charge in [-0.25, -0.2) is 13.6 Å². The van der Waals surface area contributed by atoms with Crippen molar-refractivity contribution in [3.8, 4) is 0 Å². The summed E-state index contributed by atoms with van der Waals surface area (Å²) in [6, 6.07) is 0. The molecular formula is C11H17N3O2S. The average molecular weight is 255 g/mol. The van der Waals surface area contributed by atoms with Crippen LogP contribution in [0.5, 0.6) is 0 Å². The van der Waals surface area contributed by atoms with Crippen LogP contribution in [0.15, 0.2) is 17.3 Å². The molecule has 2 aliphatic rings. The van der Waals surface area contributed by atoms with Gasteiger partial charge in [-0.3, -0.25) is 4.68 Å². The Labute approximate surface area is 101 Å². The minimum absolute atomic E-state index is 0.112. The van der Waals surface area contributed by atoms with Crippen LogP contribution in [0.4, 0.5) is 0 Å². The van der Waals surface area contributed by atoms with Crippen molar-refractivity contribution < 1.29 is 8.42 Å². The molecule has 2 bridgehead atoms. The second kappa shape index (κ2) is 3.81. The number of nitrogens with zero attached hydrogens (tertiary/aromatic N) is 2. The molecule has 0 radical (unpaired) electrons. The molecule has 0 aromatic carbocycles. The lowest BCUT2D eigenvalue weighted by Gasteiger charge is -2.21. The summed E-state index contributed by atoms with van der Waals surface area (Å²) in [5.74, 6) is 2.39. The van der Waals surface area contributed by atoms with E-state index in [9.17, 15) is 8.42 Å². The van der Waals surface area contributed by atoms with Gasteiger partial charge in [-0.2, -0.15) is 5.10 Å². The van der Waals surface area contributed by atoms with Crippen molar-refractivity contribution in [2.45, 2.75) is 37.1 Å². The second-order valence-corrected chi connectivity index (χ2v) is 6.94. The minimum Gasteiger partial charge on any atom is -0.271 e. The van der Waals surface area contributed by atoms with Crippen molar-refractivity contribution >= 4 is 10.0 Å². The zero-order valence-electron chi connectivity index (χ0n) is 9.62. The first kappa shape index (κ1) is 11.2. The van der Waals surface area contributed by atoms with Gasteiger partial charge in [0.15, 0.2) is 0 Å². The summed E-state index contributed by atoms with van der Waals surface area (Å²) >= 11 is 0. The third-order valence-electron chi connectivity index (χ3n) is 4.24. The molecule has 6 heteroatoms. The molecule has 0 spiro atoms. The average Bonchev–Trinajstić information content (AvgIpc) is 2.89. The molecule has 94 valence electrons. The molecule has 2 aliphatic carbocycles. The lowest BCUT2D eigenvalue weighted by molar-refractivity contribution is 0.285. The van der Waals surface area contributed by atoms with Crippen LogP contribution in [0, 0.1) is 17.8 Å². The van der Waals surface area contributed by atoms with E-state index in [1.54, 1.807) is 10.9 Å². The van der Waals surface area contributed by atoms with E-state index in [1.165, 1.54) is 31.9 Å². The fourth-order valence-corrected chi connectivity index (χ4v) is 3.89. The zero-order chi connectivity index (χ0) is 12.0. The fraction of sp³-hybridized carbons (Fsp3) is 0.727. The van der Waals surface area contributed by atoms with Gasteiger partial charge in [0.2, 0.25) is 10.0 Å². The van der Waals surface area contributed by atoms with Crippen LogP contribution < -0.4 is 5.14 Å². The van der Waals surface area contributed by atoms with Crippen molar-refractivity contribution in [1.29, 1.82) is 0 Å². The van der Waals surface area contributed by atoms with Crippen molar-refractivity contribution in [1.82, 2.24) is 9.78 Å². The van der Waals surface area contributed by atoms with Crippen LogP contribution in [0.1, 0.15) is 25.7 Å². The lowest BCUT2D eigenvalue weighted by atomic mass is 9.89. The SMILES string of the molecule is NS(=O)(=O)c1cnn(CC2CC3CCC2C3)c1. The zero-order valence-corrected chi connectivity index (χ0v) is 10.4. The molecule has 0 saturated heterocycles. The number of hydrogen-bond donors (Lipinski definition) is 1. The maximum absolute atomic E-state index is 11.1. The summed E-state index contributed by atoms with van der Waals surface area (Å²) in [4.78, 5) is 0.112. The monoisotopic (exact) mass is 255 g/mol. The Morgan fingerprint density at radius 2 is 2.24 bits per heavy atom. The summed E-state index contributed by atoms with van der Waals surface area (Å²) in [5, 5.41) is 9.14. The Balaban J connectivity index is 1.72. The van der Waals surface area contributed by atoms with Gasteiger partial charge < -0.3 is 0 Å². The number of rotatable bonds is 3. The van der Waals surface area contributed by atoms with Crippen molar-refractivity contribution in [3.05, 3.63) is 12.4 Å². The van der Waals surface area contributed by atoms with E-state index in [4.69, 9.17) is 5.14 Å². The number of fused-ring (bicyclic) bond motifs is 2. The molecule has 5 nitrogen and oxygen atoms in total. The Bertz CT molecular complexity index is 523. The Morgan fingerprint density at radius 1 is 1.41 bits per heavy atom. The van der Waals surface area contributed by atoms with Crippen LogP contribution in [0.2, 0.25) is 0 Å². The lowest BCUT2D eigenvalue weighted by Crippen LogP contribution is -2.17. The summed E-state index contributed by atoms with van der Waals surface area (Å²) in [7, 11) is -3.61. The highest BCUT2D eigenvalue weighted by Crippen LogP contribution is 2.48. The smallest absolute Gasteiger partial charge is 0.241 e. The third-order valence-corrected chi connectivity index (χ3v) is 5.11. The van der Waals surface area contributed by atoms with Crippen molar-refractivity contribution in [3.63, 3.8) is 0 Å². The van der Waals surface area contributed by atoms with Crippen LogP contribution >= 0.6 is 0 Å². The molecule has 2 fully saturated rings. The molecule has 2 N–H and O–H groups in total. The summed E-state index contributed by atoms with van der Waals surface area (Å²) in [5.41, 5.74) is 0. The Hall–Kier alpha value is -0.880. The van der Waals surface area contributed by atoms with E-state index < -0.39 is 10.0 Å². The minimum atomic E-state index is -3.61. The molecule has 3 unspecified atom stereocenters. The van der Waals surface area contributed by atoms with E-state index in [0.29, 0.717) is 5.92 Å². The van der Waals surface area contributed by atoms with Crippen LogP contribution in [-0.4, -0.2) is 18.2 Å². The molecule has 2 saturated carbocycles. The maximum Gasteiger partial charge on any atom is 0.241 e. The molecule has 1 aromatic heterocycles. The molecule has 1 aromatic rings. The van der Waals surface area contributed by atoms with Crippen molar-refractivity contribution in [2.75, 3.05) is 0 Å². The predicted octanol–water partition coefficient (Wildman–Crippen LogP) is 0.967. The van der Waals surface area contributed by atoms with Gasteiger partial charge in [-0.15, -0.1) is 0 Å². The third kappa shape index (κ3) is 2.11. The first-order valence-electron chi connectivity index (χ1n) is 6.07. The van der Waals surface area contributed by atoms with E-state index >= 15 is 0 Å². The highest BCUT2D eigenvalue weighted by Gasteiger charge is 2.39. The summed E-state index contributed by atoms with van der Waals surface area (Å²) in [6.45, 7) is 0.830. The van der Waals surface area contributed by atoms with Crippen LogP contribution in [0.3, 0.4) is 0 Å². The topological polar surface area (TPSA) is 78.0 Å². The number of hydrogen-bond acceptors (Lipinski definition) is 3. The van der Waals surface area contributed by atoms with E-state index in [2.05, 4.69) is 5.10 Å². The van der Waals surface area contributed by atoms with Gasteiger partial charge in [0, 0.05) is 12.7 Å². The normalized spacial score (nSPS) is 32.2. The number of aromatic nitrogens is 2. The first-order chi connectivity index (χ1) is 8.02. The van der Waals surface area contributed by atoms with Gasteiger partial charge in [0.25, 0.3) is 0 Å². The Morgan fingerprint density at radius 3 is 2.76 bits per heavy atom. The molecule has 17 heavy (non-hydrogen) atoms. The highest BCUT2D eigenvalue weighted by molar-refractivity contribution is 7.89. The molecule has 3 rings (SSSR count). The molecule has 1 heterocycles. The van der Waals surface area contributed by atoms with Gasteiger partial charge in [-0.1, -0.05) is 6.42 Å². The number of nitrogens with two attached hydrogens (primary N) is 1. The van der Waals surface area contributed by atoms with Gasteiger partial charge in [-0.05, 0) is 37.0 Å². The van der Waals surface area contributed by atoms with Crippen molar-refractivity contribution in [2.24, 2.45) is 22.9 Å². The molecule has 0 aliphatic heterocycles. The van der Waals surface area contributed by atoms with Crippen LogP contribution in [-0.2, 0) is 16.6 Å². The second-order valence-electron chi connectivity index (χ2n) is 5.38. The van der Waals surface area contributed by atoms with Gasteiger partial charge >= 0.3 is 0 Å². The van der Waals surface area contributed by atoms with E-state index in [1.807, 2.05) is 0 Å². The Kier molecular flexibility index (Phi) is 2.52. The largest absolute Gasteiger partial charge is 0.271 e. The van der Waals surface area contributed by atoms with E-state index in [-0.39, 0.29) is 4.90 Å². The maximum atomic E-state index is 11.1. The predicted molar refractivity (Wildman–Crippen MR) is 62.5 cm³/mol. The highest BCUT2D eigenvalue weighted by atomic mass is 32.2. The quantitative estimate of drug-likeness (QED) is 0.874. The standard InChI is InChI=1S/C11H17N3O2S/c12-17(15,16)11-5-13-14(7-11)6-10-4-8-1-2-9(10)3-8/h5,7-10H,1-4,6H2,(H2,12,15,16). The van der Waals surface area contributed by atoms with Gasteiger partial charge in [0.05, 0.1) is 6.20 Å². The molecular weight excluding hydrogens is 238 g/mol. The molecule has 3 atom stereocenters. The molecule has 0 amide bonds. The van der Waals surface area contributed by atoms with E-state index in [0.717, 1.165) is 18.4 Å².